The summed E-state index contributed by atoms with van der Waals surface area (Å²) in [4.78, 5) is 29.8. The molecule has 2 aliphatic heterocycles. The molecule has 0 radical (unpaired) electrons. The van der Waals surface area contributed by atoms with E-state index >= 15 is 0 Å². The number of esters is 2. The van der Waals surface area contributed by atoms with Gasteiger partial charge in [0.25, 0.3) is 0 Å². The number of carbonyl (C=O) groups excluding carboxylic acids is 2. The predicted molar refractivity (Wildman–Crippen MR) is 93.8 cm³/mol. The van der Waals surface area contributed by atoms with Crippen LogP contribution in [0.4, 0.5) is 0 Å². The number of aromatic nitrogens is 2. The van der Waals surface area contributed by atoms with E-state index < -0.39 is 0 Å². The van der Waals surface area contributed by atoms with Gasteiger partial charge in [-0.3, -0.25) is 4.90 Å². The highest BCUT2D eigenvalue weighted by atomic mass is 16.6. The van der Waals surface area contributed by atoms with Crippen molar-refractivity contribution in [2.24, 2.45) is 7.05 Å². The lowest BCUT2D eigenvalue weighted by molar-refractivity contribution is -0.0158. The summed E-state index contributed by atoms with van der Waals surface area (Å²) < 4.78 is 13.2. The van der Waals surface area contributed by atoms with Gasteiger partial charge in [-0.05, 0) is 31.3 Å². The van der Waals surface area contributed by atoms with Crippen LogP contribution in [0, 0.1) is 0 Å². The average Bonchev–Trinajstić information content (AvgIpc) is 3.30. The van der Waals surface area contributed by atoms with Crippen molar-refractivity contribution >= 4 is 11.9 Å². The summed E-state index contributed by atoms with van der Waals surface area (Å²) in [6, 6.07) is 7.38. The summed E-state index contributed by atoms with van der Waals surface area (Å²) in [6.07, 6.45) is 5.40. The van der Waals surface area contributed by atoms with Crippen LogP contribution >= 0.6 is 0 Å². The first-order chi connectivity index (χ1) is 12.5. The van der Waals surface area contributed by atoms with Crippen molar-refractivity contribution in [1.82, 2.24) is 14.5 Å². The third-order valence-corrected chi connectivity index (χ3v) is 5.57. The number of piperidine rings is 1. The number of aromatic amines is 1. The Morgan fingerprint density at radius 3 is 2.62 bits per heavy atom. The molecule has 2 bridgehead atoms. The lowest BCUT2D eigenvalue weighted by atomic mass is 10.00. The predicted octanol–water partition coefficient (Wildman–Crippen LogP) is 1.97. The molecule has 4 rings (SSSR count). The third kappa shape index (κ3) is 3.03. The minimum atomic E-state index is -0.335. The Balaban J connectivity index is 1.40. The number of hydrogen-bond donors (Lipinski definition) is 1. The van der Waals surface area contributed by atoms with Gasteiger partial charge in [-0.1, -0.05) is 0 Å². The van der Waals surface area contributed by atoms with Gasteiger partial charge in [0.1, 0.15) is 23.6 Å². The lowest BCUT2D eigenvalue weighted by Gasteiger charge is -2.36. The van der Waals surface area contributed by atoms with Crippen LogP contribution in [-0.4, -0.2) is 57.7 Å². The zero-order valence-electron chi connectivity index (χ0n) is 14.9. The van der Waals surface area contributed by atoms with Crippen LogP contribution < -0.4 is 0 Å². The van der Waals surface area contributed by atoms with Crippen LogP contribution in [0.3, 0.4) is 0 Å². The molecule has 0 unspecified atom stereocenters. The number of rotatable bonds is 4. The van der Waals surface area contributed by atoms with Gasteiger partial charge in [0.15, 0.2) is 0 Å². The van der Waals surface area contributed by atoms with Crippen LogP contribution in [0.5, 0.6) is 0 Å². The Kier molecular flexibility index (Phi) is 4.32. The Labute approximate surface area is 151 Å². The number of fused-ring (bicyclic) bond motifs is 2. The molecule has 2 fully saturated rings. The van der Waals surface area contributed by atoms with Crippen molar-refractivity contribution < 1.29 is 19.1 Å². The van der Waals surface area contributed by atoms with Gasteiger partial charge >= 0.3 is 11.9 Å². The van der Waals surface area contributed by atoms with Gasteiger partial charge in [-0.15, -0.1) is 0 Å². The highest BCUT2D eigenvalue weighted by molar-refractivity contribution is 5.88. The highest BCUT2D eigenvalue weighted by Gasteiger charge is 2.48. The van der Waals surface area contributed by atoms with Crippen LogP contribution in [0.25, 0.3) is 0 Å². The normalized spacial score (nSPS) is 28.1. The number of likely N-dealkylation sites (N-methyl/N-ethyl adjacent to an activating group) is 1. The topological polar surface area (TPSA) is 76.6 Å². The molecule has 2 saturated heterocycles. The average molecular weight is 357 g/mol. The third-order valence-electron chi connectivity index (χ3n) is 5.57. The number of nitrogens with one attached hydrogen (secondary N) is 1. The maximum atomic E-state index is 12.4. The van der Waals surface area contributed by atoms with Gasteiger partial charge < -0.3 is 19.0 Å². The Morgan fingerprint density at radius 1 is 1.08 bits per heavy atom. The SMILES string of the molecule is CN1[C@@H]2C[C@@H](OC(=O)c3cccn3C)C[C@H]1[C@H](OC(=O)c1ccc[nH]1)C2. The first-order valence-electron chi connectivity index (χ1n) is 8.91. The Bertz CT molecular complexity index is 798. The molecular formula is C19H23N3O4. The standard InChI is InChI=1S/C19H23N3O4/c1-21-8-4-6-15(21)19(24)25-13-9-12-10-17(16(11-13)22(12)2)26-18(23)14-5-3-7-20-14/h3-8,12-13,16-17,20H,9-11H2,1-2H3/t12-,13-,16+,17-/m1/s1. The molecule has 7 heteroatoms. The lowest BCUT2D eigenvalue weighted by Crippen LogP contribution is -2.46. The van der Waals surface area contributed by atoms with Crippen LogP contribution in [0.2, 0.25) is 0 Å². The summed E-state index contributed by atoms with van der Waals surface area (Å²) in [5.41, 5.74) is 1.01. The summed E-state index contributed by atoms with van der Waals surface area (Å²) in [5, 5.41) is 0. The molecule has 0 amide bonds. The molecule has 2 aromatic heterocycles. The molecule has 138 valence electrons. The van der Waals surface area contributed by atoms with E-state index in [1.54, 1.807) is 29.0 Å². The molecule has 2 aliphatic rings. The van der Waals surface area contributed by atoms with E-state index in [1.165, 1.54) is 0 Å². The molecule has 7 nitrogen and oxygen atoms in total. The van der Waals surface area contributed by atoms with Gasteiger partial charge in [0.2, 0.25) is 0 Å². The van der Waals surface area contributed by atoms with Crippen molar-refractivity contribution in [1.29, 1.82) is 0 Å². The summed E-state index contributed by atoms with van der Waals surface area (Å²) in [7, 11) is 3.87. The smallest absolute Gasteiger partial charge is 0.355 e. The fourth-order valence-electron chi connectivity index (χ4n) is 4.14. The van der Waals surface area contributed by atoms with E-state index in [0.717, 1.165) is 12.8 Å². The van der Waals surface area contributed by atoms with E-state index in [0.29, 0.717) is 17.8 Å². The minimum Gasteiger partial charge on any atom is -0.458 e. The zero-order valence-corrected chi connectivity index (χ0v) is 14.9. The van der Waals surface area contributed by atoms with E-state index in [9.17, 15) is 9.59 Å². The van der Waals surface area contributed by atoms with Crippen molar-refractivity contribution in [2.75, 3.05) is 7.05 Å². The second kappa shape index (κ2) is 6.64. The maximum Gasteiger partial charge on any atom is 0.355 e. The number of hydrogen-bond acceptors (Lipinski definition) is 5. The molecule has 0 aromatic carbocycles. The summed E-state index contributed by atoms with van der Waals surface area (Å²) in [5.74, 6) is -0.635. The molecule has 4 heterocycles. The van der Waals surface area contributed by atoms with E-state index in [-0.39, 0.29) is 36.2 Å². The van der Waals surface area contributed by atoms with Crippen molar-refractivity contribution in [3.63, 3.8) is 0 Å². The van der Waals surface area contributed by atoms with Gasteiger partial charge in [0, 0.05) is 44.7 Å². The number of carbonyl (C=O) groups is 2. The first kappa shape index (κ1) is 16.9. The molecule has 26 heavy (non-hydrogen) atoms. The molecular weight excluding hydrogens is 334 g/mol. The summed E-state index contributed by atoms with van der Waals surface area (Å²) in [6.45, 7) is 0. The second-order valence-corrected chi connectivity index (χ2v) is 7.15. The maximum absolute atomic E-state index is 12.4. The van der Waals surface area contributed by atoms with E-state index in [4.69, 9.17) is 9.47 Å². The monoisotopic (exact) mass is 357 g/mol. The van der Waals surface area contributed by atoms with Crippen molar-refractivity contribution in [3.8, 4) is 0 Å². The molecule has 0 spiro atoms. The van der Waals surface area contributed by atoms with Crippen molar-refractivity contribution in [3.05, 3.63) is 48.0 Å². The van der Waals surface area contributed by atoms with Crippen molar-refractivity contribution in [2.45, 2.75) is 43.6 Å². The molecule has 0 saturated carbocycles. The molecule has 2 aromatic rings. The molecule has 4 atom stereocenters. The van der Waals surface area contributed by atoms with Gasteiger partial charge in [-0.25, -0.2) is 9.59 Å². The number of aryl methyl sites for hydroxylation is 1. The Morgan fingerprint density at radius 2 is 1.92 bits per heavy atom. The Hall–Kier alpha value is -2.54. The minimum absolute atomic E-state index is 0.0684. The fourth-order valence-corrected chi connectivity index (χ4v) is 4.14. The van der Waals surface area contributed by atoms with Crippen LogP contribution in [0.1, 0.15) is 40.2 Å². The quantitative estimate of drug-likeness (QED) is 0.847. The van der Waals surface area contributed by atoms with E-state index in [1.807, 2.05) is 26.4 Å². The largest absolute Gasteiger partial charge is 0.458 e. The number of nitrogens with zero attached hydrogens (tertiary/aromatic N) is 2. The number of ether oxygens (including phenoxy) is 2. The van der Waals surface area contributed by atoms with Gasteiger partial charge in [0.05, 0.1) is 6.04 Å². The van der Waals surface area contributed by atoms with Crippen LogP contribution in [-0.2, 0) is 16.5 Å². The molecule has 1 N–H and O–H groups in total. The molecule has 0 aliphatic carbocycles. The van der Waals surface area contributed by atoms with Crippen LogP contribution in [0.15, 0.2) is 36.7 Å². The fraction of sp³-hybridized carbons (Fsp3) is 0.474. The first-order valence-corrected chi connectivity index (χ1v) is 8.91. The van der Waals surface area contributed by atoms with Gasteiger partial charge in [-0.2, -0.15) is 0 Å². The number of H-pyrrole nitrogens is 1. The highest BCUT2D eigenvalue weighted by Crippen LogP contribution is 2.38. The second-order valence-electron chi connectivity index (χ2n) is 7.15. The van der Waals surface area contributed by atoms with E-state index in [2.05, 4.69) is 9.88 Å². The summed E-state index contributed by atoms with van der Waals surface area (Å²) >= 11 is 0. The zero-order chi connectivity index (χ0) is 18.3.